The van der Waals surface area contributed by atoms with E-state index in [2.05, 4.69) is 35.3 Å². The molecule has 1 aliphatic rings. The van der Waals surface area contributed by atoms with Gasteiger partial charge in [-0.25, -0.2) is 20.8 Å². The third-order valence-corrected chi connectivity index (χ3v) is 6.03. The van der Waals surface area contributed by atoms with E-state index in [1.807, 2.05) is 11.0 Å². The molecule has 4 aromatic heterocycles. The molecule has 0 spiro atoms. The molecule has 0 atom stereocenters. The van der Waals surface area contributed by atoms with Gasteiger partial charge in [0.25, 0.3) is 11.7 Å². The summed E-state index contributed by atoms with van der Waals surface area (Å²) in [4.78, 5) is 54.2. The average Bonchev–Trinajstić information content (AvgIpc) is 3.41. The number of amides is 1. The second-order valence-electron chi connectivity index (χ2n) is 8.13. The van der Waals surface area contributed by atoms with Crippen LogP contribution >= 0.6 is 0 Å². The minimum absolute atomic E-state index is 0. The molecule has 0 saturated carbocycles. The first kappa shape index (κ1) is 26.1. The fraction of sp³-hybridized carbons (Fsp3) is 0.208. The van der Waals surface area contributed by atoms with Crippen molar-refractivity contribution in [2.75, 3.05) is 33.3 Å². The number of fused-ring (bicyclic) bond motifs is 1. The Bertz CT molecular complexity index is 1450. The number of piperazine rings is 1. The number of ketones is 1. The fourth-order valence-electron chi connectivity index (χ4n) is 4.20. The third kappa shape index (κ3) is 4.98. The van der Waals surface area contributed by atoms with Crippen LogP contribution < -0.4 is 22.2 Å². The van der Waals surface area contributed by atoms with Crippen molar-refractivity contribution in [3.63, 3.8) is 0 Å². The highest BCUT2D eigenvalue weighted by Gasteiger charge is 2.30. The lowest BCUT2D eigenvalue weighted by molar-refractivity contribution is -0.127. The van der Waals surface area contributed by atoms with Crippen molar-refractivity contribution in [2.45, 2.75) is 0 Å². The van der Waals surface area contributed by atoms with Gasteiger partial charge in [-0.15, -0.1) is 0 Å². The number of hydrazine groups is 1. The van der Waals surface area contributed by atoms with E-state index in [0.717, 1.165) is 0 Å². The van der Waals surface area contributed by atoms with Gasteiger partial charge in [0.05, 0.1) is 35.5 Å². The number of pyridine rings is 2. The number of H-pyrrole nitrogens is 1. The first-order valence-corrected chi connectivity index (χ1v) is 11.4. The second-order valence-corrected chi connectivity index (χ2v) is 8.13. The number of nitrogens with zero attached hydrogens (tertiary/aromatic N) is 7. The SMILES string of the molecule is COc1cnc(-c2cncnc2)c2[nH]cc(C(=O)C(=O)N3CCN(C(=Nc4ccccn4)NN)CC3)c12.N. The number of nitrogens with two attached hydrogens (primary N) is 1. The van der Waals surface area contributed by atoms with Crippen molar-refractivity contribution < 1.29 is 14.3 Å². The quantitative estimate of drug-likeness (QED) is 0.0736. The molecular formula is C24H27N11O3. The summed E-state index contributed by atoms with van der Waals surface area (Å²) in [5.74, 6) is 5.75. The van der Waals surface area contributed by atoms with E-state index in [0.29, 0.717) is 65.9 Å². The number of hydrogen-bond donors (Lipinski definition) is 4. The topological polar surface area (TPSA) is 203 Å². The highest BCUT2D eigenvalue weighted by Crippen LogP contribution is 2.34. The maximum absolute atomic E-state index is 13.4. The zero-order chi connectivity index (χ0) is 25.8. The van der Waals surface area contributed by atoms with E-state index in [1.165, 1.54) is 30.7 Å². The summed E-state index contributed by atoms with van der Waals surface area (Å²) in [7, 11) is 1.49. The lowest BCUT2D eigenvalue weighted by Crippen LogP contribution is -2.55. The van der Waals surface area contributed by atoms with Crippen LogP contribution in [0.5, 0.6) is 5.75 Å². The van der Waals surface area contributed by atoms with Crippen molar-refractivity contribution >= 4 is 34.4 Å². The molecule has 1 saturated heterocycles. The molecule has 0 aromatic carbocycles. The van der Waals surface area contributed by atoms with Gasteiger partial charge in [0.1, 0.15) is 12.1 Å². The van der Waals surface area contributed by atoms with E-state index in [-0.39, 0.29) is 11.7 Å². The summed E-state index contributed by atoms with van der Waals surface area (Å²) < 4.78 is 5.46. The summed E-state index contributed by atoms with van der Waals surface area (Å²) in [6.45, 7) is 1.52. The van der Waals surface area contributed by atoms with Crippen LogP contribution in [-0.4, -0.2) is 85.7 Å². The number of aliphatic imine (C=N–C) groups is 1. The molecule has 0 aliphatic carbocycles. The van der Waals surface area contributed by atoms with Gasteiger partial charge < -0.3 is 25.7 Å². The summed E-state index contributed by atoms with van der Waals surface area (Å²) in [5, 5.41) is 0.477. The first-order valence-electron chi connectivity index (χ1n) is 11.4. The highest BCUT2D eigenvalue weighted by atomic mass is 16.5. The number of carbonyl (C=O) groups excluding carboxylic acids is 2. The lowest BCUT2D eigenvalue weighted by Gasteiger charge is -2.35. The number of aromatic nitrogens is 5. The van der Waals surface area contributed by atoms with Crippen molar-refractivity contribution in [2.24, 2.45) is 10.8 Å². The molecule has 0 bridgehead atoms. The van der Waals surface area contributed by atoms with Crippen LogP contribution in [0.3, 0.4) is 0 Å². The summed E-state index contributed by atoms with van der Waals surface area (Å²) >= 11 is 0. The molecule has 14 heteroatoms. The van der Waals surface area contributed by atoms with Crippen LogP contribution in [-0.2, 0) is 4.79 Å². The number of hydrogen-bond acceptors (Lipinski definition) is 10. The van der Waals surface area contributed by atoms with E-state index in [1.54, 1.807) is 30.7 Å². The minimum atomic E-state index is -0.640. The molecule has 1 aliphatic heterocycles. The van der Waals surface area contributed by atoms with Crippen molar-refractivity contribution in [3.05, 3.63) is 61.1 Å². The monoisotopic (exact) mass is 517 g/mol. The normalized spacial score (nSPS) is 13.7. The number of nitrogens with one attached hydrogen (secondary N) is 2. The van der Waals surface area contributed by atoms with Crippen LogP contribution in [0.4, 0.5) is 5.82 Å². The summed E-state index contributed by atoms with van der Waals surface area (Å²) in [5.41, 5.74) is 4.57. The van der Waals surface area contributed by atoms with E-state index >= 15 is 0 Å². The smallest absolute Gasteiger partial charge is 0.295 e. The zero-order valence-corrected chi connectivity index (χ0v) is 20.7. The largest absolute Gasteiger partial charge is 0.494 e. The molecule has 196 valence electrons. The van der Waals surface area contributed by atoms with E-state index in [9.17, 15) is 9.59 Å². The van der Waals surface area contributed by atoms with Gasteiger partial charge >= 0.3 is 0 Å². The average molecular weight is 518 g/mol. The number of ether oxygens (including phenoxy) is 1. The van der Waals surface area contributed by atoms with Crippen molar-refractivity contribution in [1.82, 2.24) is 46.3 Å². The Labute approximate surface area is 217 Å². The highest BCUT2D eigenvalue weighted by molar-refractivity contribution is 6.45. The molecule has 5 heterocycles. The Morgan fingerprint density at radius 2 is 1.82 bits per heavy atom. The Morgan fingerprint density at radius 3 is 2.47 bits per heavy atom. The van der Waals surface area contributed by atoms with Crippen molar-refractivity contribution in [3.8, 4) is 17.0 Å². The summed E-state index contributed by atoms with van der Waals surface area (Å²) in [6, 6.07) is 5.39. The number of aromatic amines is 1. The Morgan fingerprint density at radius 1 is 1.08 bits per heavy atom. The van der Waals surface area contributed by atoms with E-state index in [4.69, 9.17) is 10.6 Å². The molecular weight excluding hydrogens is 490 g/mol. The van der Waals surface area contributed by atoms with Crippen LogP contribution in [0.1, 0.15) is 10.4 Å². The Kier molecular flexibility index (Phi) is 7.84. The molecule has 0 radical (unpaired) electrons. The van der Waals surface area contributed by atoms with Crippen LogP contribution in [0, 0.1) is 0 Å². The molecule has 1 amide bonds. The third-order valence-electron chi connectivity index (χ3n) is 6.03. The van der Waals surface area contributed by atoms with Gasteiger partial charge in [-0.3, -0.25) is 20.0 Å². The van der Waals surface area contributed by atoms with Crippen molar-refractivity contribution in [1.29, 1.82) is 0 Å². The van der Waals surface area contributed by atoms with Gasteiger partial charge in [0.15, 0.2) is 5.82 Å². The molecule has 5 rings (SSSR count). The summed E-state index contributed by atoms with van der Waals surface area (Å²) in [6.07, 6.45) is 9.33. The minimum Gasteiger partial charge on any atom is -0.494 e. The number of methoxy groups -OCH3 is 1. The maximum Gasteiger partial charge on any atom is 0.295 e. The van der Waals surface area contributed by atoms with Gasteiger partial charge in [0, 0.05) is 56.5 Å². The fourth-order valence-corrected chi connectivity index (χ4v) is 4.20. The lowest BCUT2D eigenvalue weighted by atomic mass is 10.1. The second kappa shape index (κ2) is 11.4. The first-order chi connectivity index (χ1) is 18.1. The van der Waals surface area contributed by atoms with Crippen LogP contribution in [0.25, 0.3) is 22.2 Å². The molecule has 38 heavy (non-hydrogen) atoms. The molecule has 14 nitrogen and oxygen atoms in total. The molecule has 7 N–H and O–H groups in total. The number of Topliss-reactive ketones (excluding diaryl/α,β-unsaturated/α-hetero) is 1. The predicted molar refractivity (Wildman–Crippen MR) is 140 cm³/mol. The molecule has 4 aromatic rings. The van der Waals surface area contributed by atoms with Gasteiger partial charge in [-0.05, 0) is 12.1 Å². The van der Waals surface area contributed by atoms with Gasteiger partial charge in [-0.1, -0.05) is 6.07 Å². The number of carbonyl (C=O) groups is 2. The molecule has 0 unspecified atom stereocenters. The van der Waals surface area contributed by atoms with Gasteiger partial charge in [0.2, 0.25) is 5.96 Å². The van der Waals surface area contributed by atoms with E-state index < -0.39 is 11.7 Å². The maximum atomic E-state index is 13.4. The zero-order valence-electron chi connectivity index (χ0n) is 20.7. The predicted octanol–water partition coefficient (Wildman–Crippen LogP) is 1.06. The van der Waals surface area contributed by atoms with Gasteiger partial charge in [-0.2, -0.15) is 4.99 Å². The Hall–Kier alpha value is -4.95. The number of guanidine groups is 1. The number of rotatable bonds is 5. The molecule has 1 fully saturated rings. The standard InChI is InChI=1S/C24H24N10O3.H3N/c1-37-17-13-30-20(15-10-26-14-27-11-15)21-19(17)16(12-29-21)22(35)23(36)33-6-8-34(9-7-33)24(32-25)31-18-4-2-3-5-28-18;/h2-5,10-14,29H,6-9,25H2,1H3,(H,28,31,32);1H3. The van der Waals surface area contributed by atoms with Crippen LogP contribution in [0.15, 0.2) is 60.5 Å². The van der Waals surface area contributed by atoms with Crippen LogP contribution in [0.2, 0.25) is 0 Å². The Balaban J connectivity index is 0.00000336.